The molecule has 1 fully saturated rings. The van der Waals surface area contributed by atoms with Crippen LogP contribution < -0.4 is 0 Å². The van der Waals surface area contributed by atoms with E-state index in [1.165, 1.54) is 11.1 Å². The van der Waals surface area contributed by atoms with Gasteiger partial charge in [0.2, 0.25) is 0 Å². The Labute approximate surface area is 210 Å². The minimum Gasteiger partial charge on any atom is -0.303 e. The topological polar surface area (TPSA) is 29.2 Å². The van der Waals surface area contributed by atoms with Crippen LogP contribution in [0.1, 0.15) is 17.2 Å². The van der Waals surface area contributed by atoms with Gasteiger partial charge < -0.3 is 4.57 Å². The third-order valence-electron chi connectivity index (χ3n) is 6.49. The van der Waals surface area contributed by atoms with Gasteiger partial charge in [-0.1, -0.05) is 84.4 Å². The molecule has 1 aliphatic rings. The van der Waals surface area contributed by atoms with Crippen molar-refractivity contribution in [1.82, 2.24) is 24.1 Å². The molecule has 5 rings (SSSR count). The molecule has 0 atom stereocenters. The predicted molar refractivity (Wildman–Crippen MR) is 140 cm³/mol. The quantitative estimate of drug-likeness (QED) is 0.328. The van der Waals surface area contributed by atoms with Crippen molar-refractivity contribution in [2.75, 3.05) is 26.2 Å². The van der Waals surface area contributed by atoms with Crippen molar-refractivity contribution in [2.24, 2.45) is 7.05 Å². The number of nitrogens with zero attached hydrogens (tertiary/aromatic N) is 5. The number of hydrogen-bond acceptors (Lipinski definition) is 4. The standard InChI is InChI=1S/C27H28ClN5S/c1-30-26(23-14-8-9-15-24(23)28)29-33(27(30)34)20-31-16-18-32(19-17-31)25(21-10-4-2-5-11-21)22-12-6-3-7-13-22/h2-15,25H,16-20H2,1H3. The molecule has 2 heterocycles. The third kappa shape index (κ3) is 4.72. The molecule has 0 unspecified atom stereocenters. The number of halogens is 1. The predicted octanol–water partition coefficient (Wildman–Crippen LogP) is 5.64. The number of benzene rings is 3. The largest absolute Gasteiger partial charge is 0.303 e. The minimum atomic E-state index is 0.258. The van der Waals surface area contributed by atoms with E-state index in [-0.39, 0.29) is 6.04 Å². The molecule has 0 aliphatic carbocycles. The molecule has 1 aliphatic heterocycles. The maximum Gasteiger partial charge on any atom is 0.199 e. The van der Waals surface area contributed by atoms with Crippen molar-refractivity contribution >= 4 is 23.8 Å². The van der Waals surface area contributed by atoms with Crippen molar-refractivity contribution in [3.8, 4) is 11.4 Å². The Hall–Kier alpha value is -2.77. The van der Waals surface area contributed by atoms with Crippen LogP contribution in [0.5, 0.6) is 0 Å². The van der Waals surface area contributed by atoms with Gasteiger partial charge in [0.25, 0.3) is 0 Å². The Bertz CT molecular complexity index is 1250. The molecule has 3 aromatic carbocycles. The summed E-state index contributed by atoms with van der Waals surface area (Å²) < 4.78 is 4.55. The van der Waals surface area contributed by atoms with Crippen LogP contribution in [0.25, 0.3) is 11.4 Å². The number of aromatic nitrogens is 3. The highest BCUT2D eigenvalue weighted by Crippen LogP contribution is 2.30. The fourth-order valence-corrected chi connectivity index (χ4v) is 5.10. The molecule has 0 N–H and O–H groups in total. The van der Waals surface area contributed by atoms with Gasteiger partial charge in [-0.25, -0.2) is 4.68 Å². The average Bonchev–Trinajstić information content (AvgIpc) is 3.15. The molecule has 5 nitrogen and oxygen atoms in total. The summed E-state index contributed by atoms with van der Waals surface area (Å²) in [5, 5.41) is 5.50. The SMILES string of the molecule is Cn1c(-c2ccccc2Cl)nn(CN2CCN(C(c3ccccc3)c3ccccc3)CC2)c1=S. The molecular weight excluding hydrogens is 462 g/mol. The summed E-state index contributed by atoms with van der Waals surface area (Å²) in [5.74, 6) is 0.794. The van der Waals surface area contributed by atoms with Crippen molar-refractivity contribution in [3.63, 3.8) is 0 Å². The molecule has 0 spiro atoms. The molecule has 1 saturated heterocycles. The first-order valence-electron chi connectivity index (χ1n) is 11.6. The Morgan fingerprint density at radius 2 is 1.38 bits per heavy atom. The Morgan fingerprint density at radius 3 is 1.97 bits per heavy atom. The summed E-state index contributed by atoms with van der Waals surface area (Å²) in [5.41, 5.74) is 3.56. The zero-order chi connectivity index (χ0) is 23.5. The van der Waals surface area contributed by atoms with Crippen LogP contribution in [0.2, 0.25) is 5.02 Å². The molecule has 174 valence electrons. The normalized spacial score (nSPS) is 15.1. The van der Waals surface area contributed by atoms with Gasteiger partial charge in [0.05, 0.1) is 17.7 Å². The van der Waals surface area contributed by atoms with Crippen LogP contribution in [0, 0.1) is 4.77 Å². The summed E-state index contributed by atoms with van der Waals surface area (Å²) in [6.45, 7) is 4.54. The Balaban J connectivity index is 1.32. The molecule has 0 radical (unpaired) electrons. The van der Waals surface area contributed by atoms with E-state index in [1.54, 1.807) is 0 Å². The Kier molecular flexibility index (Phi) is 6.92. The zero-order valence-electron chi connectivity index (χ0n) is 19.2. The van der Waals surface area contributed by atoms with E-state index < -0.39 is 0 Å². The highest BCUT2D eigenvalue weighted by Gasteiger charge is 2.27. The molecule has 7 heteroatoms. The van der Waals surface area contributed by atoms with Crippen molar-refractivity contribution in [1.29, 1.82) is 0 Å². The van der Waals surface area contributed by atoms with Crippen LogP contribution >= 0.6 is 23.8 Å². The monoisotopic (exact) mass is 489 g/mol. The van der Waals surface area contributed by atoms with Gasteiger partial charge in [0.1, 0.15) is 0 Å². The maximum absolute atomic E-state index is 6.42. The lowest BCUT2D eigenvalue weighted by Gasteiger charge is -2.39. The zero-order valence-corrected chi connectivity index (χ0v) is 20.8. The number of piperazine rings is 1. The molecule has 0 saturated carbocycles. The van der Waals surface area contributed by atoms with Gasteiger partial charge in [0.15, 0.2) is 10.6 Å². The first kappa shape index (κ1) is 23.0. The van der Waals surface area contributed by atoms with E-state index in [0.717, 1.165) is 37.6 Å². The van der Waals surface area contributed by atoms with E-state index in [0.29, 0.717) is 16.5 Å². The van der Waals surface area contributed by atoms with Gasteiger partial charge in [-0.2, -0.15) is 5.10 Å². The van der Waals surface area contributed by atoms with Crippen molar-refractivity contribution in [3.05, 3.63) is 106 Å². The van der Waals surface area contributed by atoms with E-state index in [9.17, 15) is 0 Å². The molecule has 34 heavy (non-hydrogen) atoms. The second kappa shape index (κ2) is 10.2. The molecule has 4 aromatic rings. The van der Waals surface area contributed by atoms with Crippen LogP contribution in [0.15, 0.2) is 84.9 Å². The Morgan fingerprint density at radius 1 is 0.824 bits per heavy atom. The summed E-state index contributed by atoms with van der Waals surface area (Å²) in [7, 11) is 1.95. The first-order valence-corrected chi connectivity index (χ1v) is 12.4. The third-order valence-corrected chi connectivity index (χ3v) is 7.31. The van der Waals surface area contributed by atoms with Crippen LogP contribution in [-0.4, -0.2) is 50.3 Å². The van der Waals surface area contributed by atoms with E-state index in [2.05, 4.69) is 70.5 Å². The summed E-state index contributed by atoms with van der Waals surface area (Å²) >= 11 is 12.1. The fourth-order valence-electron chi connectivity index (χ4n) is 4.69. The molecule has 0 amide bonds. The lowest BCUT2D eigenvalue weighted by atomic mass is 9.96. The van der Waals surface area contributed by atoms with E-state index in [1.807, 2.05) is 40.6 Å². The maximum atomic E-state index is 6.42. The van der Waals surface area contributed by atoms with Crippen molar-refractivity contribution < 1.29 is 0 Å². The summed E-state index contributed by atoms with van der Waals surface area (Å²) in [6.07, 6.45) is 0. The van der Waals surface area contributed by atoms with Crippen molar-refractivity contribution in [2.45, 2.75) is 12.7 Å². The van der Waals surface area contributed by atoms with Crippen LogP contribution in [0.3, 0.4) is 0 Å². The smallest absolute Gasteiger partial charge is 0.199 e. The number of hydrogen-bond donors (Lipinski definition) is 0. The van der Waals surface area contributed by atoms with Crippen LogP contribution in [-0.2, 0) is 13.7 Å². The lowest BCUT2D eigenvalue weighted by molar-refractivity contribution is 0.0844. The van der Waals surface area contributed by atoms with Gasteiger partial charge in [0, 0.05) is 38.8 Å². The molecule has 0 bridgehead atoms. The summed E-state index contributed by atoms with van der Waals surface area (Å²) in [4.78, 5) is 5.00. The first-order chi connectivity index (χ1) is 16.6. The van der Waals surface area contributed by atoms with Gasteiger partial charge in [-0.15, -0.1) is 0 Å². The molecule has 1 aromatic heterocycles. The van der Waals surface area contributed by atoms with Gasteiger partial charge in [-0.05, 0) is 35.5 Å². The van der Waals surface area contributed by atoms with E-state index in [4.69, 9.17) is 28.9 Å². The molecular formula is C27H28ClN5S. The summed E-state index contributed by atoms with van der Waals surface area (Å²) in [6, 6.07) is 29.6. The highest BCUT2D eigenvalue weighted by atomic mass is 35.5. The highest BCUT2D eigenvalue weighted by molar-refractivity contribution is 7.71. The van der Waals surface area contributed by atoms with E-state index >= 15 is 0 Å². The average molecular weight is 490 g/mol. The minimum absolute atomic E-state index is 0.258. The van der Waals surface area contributed by atoms with Gasteiger partial charge in [-0.3, -0.25) is 9.80 Å². The second-order valence-corrected chi connectivity index (χ2v) is 9.44. The van der Waals surface area contributed by atoms with Crippen LogP contribution in [0.4, 0.5) is 0 Å². The number of rotatable bonds is 6. The van der Waals surface area contributed by atoms with Gasteiger partial charge >= 0.3 is 0 Å². The fraction of sp³-hybridized carbons (Fsp3) is 0.259. The second-order valence-electron chi connectivity index (χ2n) is 8.66. The lowest BCUT2D eigenvalue weighted by Crippen LogP contribution is -2.48.